The first-order valence-electron chi connectivity index (χ1n) is 9.82. The van der Waals surface area contributed by atoms with Gasteiger partial charge in [-0.05, 0) is 68.7 Å². The zero-order chi connectivity index (χ0) is 20.4. The predicted octanol–water partition coefficient (Wildman–Crippen LogP) is 5.11. The molecule has 0 radical (unpaired) electrons. The molecule has 1 aromatic heterocycles. The van der Waals surface area contributed by atoms with E-state index >= 15 is 0 Å². The molecule has 0 unspecified atom stereocenters. The lowest BCUT2D eigenvalue weighted by atomic mass is 10.1. The summed E-state index contributed by atoms with van der Waals surface area (Å²) in [5.41, 5.74) is 1.47. The van der Waals surface area contributed by atoms with E-state index in [1.54, 1.807) is 24.3 Å². The number of fused-ring (bicyclic) bond motifs is 1. The van der Waals surface area contributed by atoms with Crippen LogP contribution in [0.15, 0.2) is 58.5 Å². The summed E-state index contributed by atoms with van der Waals surface area (Å²) in [7, 11) is -3.76. The summed E-state index contributed by atoms with van der Waals surface area (Å²) >= 11 is 5.96. The highest BCUT2D eigenvalue weighted by Crippen LogP contribution is 2.38. The standard InChI is InChI=1S/C22H23ClN2O3S/c1-2-28-17-8-11-20-19(14-17)22(25-12-4-3-5-13-25)21(15-24-20)29(26,27)18-9-6-16(23)7-10-18/h6-11,14-15H,2-5,12-13H2,1H3. The van der Waals surface area contributed by atoms with Crippen LogP contribution < -0.4 is 9.64 Å². The summed E-state index contributed by atoms with van der Waals surface area (Å²) in [6.07, 6.45) is 4.71. The molecule has 1 aliphatic heterocycles. The van der Waals surface area contributed by atoms with Crippen LogP contribution in [0.4, 0.5) is 5.69 Å². The number of piperidine rings is 1. The zero-order valence-corrected chi connectivity index (χ0v) is 17.8. The number of anilines is 1. The number of halogens is 1. The number of hydrogen-bond donors (Lipinski definition) is 0. The van der Waals surface area contributed by atoms with Crippen molar-refractivity contribution in [2.75, 3.05) is 24.6 Å². The van der Waals surface area contributed by atoms with Crippen molar-refractivity contribution in [3.63, 3.8) is 0 Å². The Bertz CT molecular complexity index is 1120. The van der Waals surface area contributed by atoms with Gasteiger partial charge in [0.1, 0.15) is 10.6 Å². The topological polar surface area (TPSA) is 59.5 Å². The summed E-state index contributed by atoms with van der Waals surface area (Å²) in [6.45, 7) is 4.11. The van der Waals surface area contributed by atoms with Gasteiger partial charge in [-0.3, -0.25) is 4.98 Å². The molecule has 5 nitrogen and oxygen atoms in total. The van der Waals surface area contributed by atoms with Crippen molar-refractivity contribution >= 4 is 38.0 Å². The number of benzene rings is 2. The van der Waals surface area contributed by atoms with Gasteiger partial charge in [-0.2, -0.15) is 0 Å². The lowest BCUT2D eigenvalue weighted by Gasteiger charge is -2.31. The number of pyridine rings is 1. The van der Waals surface area contributed by atoms with Crippen LogP contribution in [0, 0.1) is 0 Å². The van der Waals surface area contributed by atoms with Gasteiger partial charge in [-0.1, -0.05) is 11.6 Å². The van der Waals surface area contributed by atoms with Gasteiger partial charge >= 0.3 is 0 Å². The van der Waals surface area contributed by atoms with Crippen LogP contribution in [-0.2, 0) is 9.84 Å². The van der Waals surface area contributed by atoms with Crippen molar-refractivity contribution in [3.05, 3.63) is 53.7 Å². The molecular formula is C22H23ClN2O3S. The molecule has 0 spiro atoms. The molecule has 7 heteroatoms. The fourth-order valence-electron chi connectivity index (χ4n) is 3.78. The fourth-order valence-corrected chi connectivity index (χ4v) is 5.34. The van der Waals surface area contributed by atoms with E-state index in [0.717, 1.165) is 43.3 Å². The van der Waals surface area contributed by atoms with Crippen molar-refractivity contribution in [2.45, 2.75) is 36.0 Å². The summed E-state index contributed by atoms with van der Waals surface area (Å²) < 4.78 is 32.7. The summed E-state index contributed by atoms with van der Waals surface area (Å²) in [5, 5.41) is 1.30. The maximum absolute atomic E-state index is 13.5. The third-order valence-corrected chi connectivity index (χ3v) is 7.20. The molecule has 2 aromatic carbocycles. The predicted molar refractivity (Wildman–Crippen MR) is 116 cm³/mol. The van der Waals surface area contributed by atoms with E-state index in [9.17, 15) is 8.42 Å². The minimum absolute atomic E-state index is 0.210. The minimum atomic E-state index is -3.76. The first-order valence-corrected chi connectivity index (χ1v) is 11.7. The zero-order valence-electron chi connectivity index (χ0n) is 16.3. The molecule has 0 atom stereocenters. The van der Waals surface area contributed by atoms with E-state index in [1.165, 1.54) is 6.20 Å². The summed E-state index contributed by atoms with van der Waals surface area (Å²) in [4.78, 5) is 7.07. The van der Waals surface area contributed by atoms with E-state index < -0.39 is 9.84 Å². The van der Waals surface area contributed by atoms with Gasteiger partial charge < -0.3 is 9.64 Å². The number of nitrogens with zero attached hydrogens (tertiary/aromatic N) is 2. The van der Waals surface area contributed by atoms with Crippen LogP contribution in [0.25, 0.3) is 10.9 Å². The van der Waals surface area contributed by atoms with Crippen molar-refractivity contribution < 1.29 is 13.2 Å². The van der Waals surface area contributed by atoms with Gasteiger partial charge in [0.2, 0.25) is 9.84 Å². The Labute approximate surface area is 176 Å². The first kappa shape index (κ1) is 20.0. The maximum atomic E-state index is 13.5. The second-order valence-electron chi connectivity index (χ2n) is 7.09. The van der Waals surface area contributed by atoms with E-state index in [1.807, 2.05) is 25.1 Å². The van der Waals surface area contributed by atoms with Gasteiger partial charge in [-0.25, -0.2) is 8.42 Å². The van der Waals surface area contributed by atoms with Crippen molar-refractivity contribution in [1.82, 2.24) is 4.98 Å². The Morgan fingerprint density at radius 3 is 2.48 bits per heavy atom. The van der Waals surface area contributed by atoms with Gasteiger partial charge in [-0.15, -0.1) is 0 Å². The van der Waals surface area contributed by atoms with Gasteiger partial charge in [0.15, 0.2) is 0 Å². The largest absolute Gasteiger partial charge is 0.494 e. The van der Waals surface area contributed by atoms with Crippen molar-refractivity contribution in [2.24, 2.45) is 0 Å². The van der Waals surface area contributed by atoms with Crippen LogP contribution >= 0.6 is 11.6 Å². The molecule has 2 heterocycles. The Kier molecular flexibility index (Phi) is 5.65. The van der Waals surface area contributed by atoms with E-state index in [-0.39, 0.29) is 9.79 Å². The molecule has 0 amide bonds. The highest BCUT2D eigenvalue weighted by molar-refractivity contribution is 7.91. The normalized spacial score (nSPS) is 14.9. The maximum Gasteiger partial charge on any atom is 0.210 e. The molecule has 0 saturated carbocycles. The van der Waals surface area contributed by atoms with E-state index in [4.69, 9.17) is 16.3 Å². The molecule has 1 saturated heterocycles. The van der Waals surface area contributed by atoms with E-state index in [0.29, 0.717) is 23.1 Å². The molecule has 1 aliphatic rings. The lowest BCUT2D eigenvalue weighted by molar-refractivity contribution is 0.340. The van der Waals surface area contributed by atoms with Crippen molar-refractivity contribution in [3.8, 4) is 5.75 Å². The number of aromatic nitrogens is 1. The van der Waals surface area contributed by atoms with Crippen molar-refractivity contribution in [1.29, 1.82) is 0 Å². The summed E-state index contributed by atoms with van der Waals surface area (Å²) in [6, 6.07) is 11.9. The fraction of sp³-hybridized carbons (Fsp3) is 0.318. The number of ether oxygens (including phenoxy) is 1. The average molecular weight is 431 g/mol. The van der Waals surface area contributed by atoms with Crippen LogP contribution in [0.1, 0.15) is 26.2 Å². The molecule has 4 rings (SSSR count). The Morgan fingerprint density at radius 2 is 1.79 bits per heavy atom. The Hall–Kier alpha value is -2.31. The molecule has 152 valence electrons. The lowest BCUT2D eigenvalue weighted by Crippen LogP contribution is -2.31. The molecular weight excluding hydrogens is 408 g/mol. The second-order valence-corrected chi connectivity index (χ2v) is 9.44. The third kappa shape index (κ3) is 3.91. The summed E-state index contributed by atoms with van der Waals surface area (Å²) in [5.74, 6) is 0.709. The van der Waals surface area contributed by atoms with E-state index in [2.05, 4.69) is 9.88 Å². The smallest absolute Gasteiger partial charge is 0.210 e. The van der Waals surface area contributed by atoms with Crippen LogP contribution in [0.3, 0.4) is 0 Å². The molecule has 0 aliphatic carbocycles. The Morgan fingerprint density at radius 1 is 1.07 bits per heavy atom. The third-order valence-electron chi connectivity index (χ3n) is 5.17. The number of hydrogen-bond acceptors (Lipinski definition) is 5. The number of sulfone groups is 1. The highest BCUT2D eigenvalue weighted by Gasteiger charge is 2.27. The first-order chi connectivity index (χ1) is 14.0. The van der Waals surface area contributed by atoms with Crippen LogP contribution in [0.5, 0.6) is 5.75 Å². The monoisotopic (exact) mass is 430 g/mol. The minimum Gasteiger partial charge on any atom is -0.494 e. The Balaban J connectivity index is 1.95. The molecule has 0 N–H and O–H groups in total. The highest BCUT2D eigenvalue weighted by atomic mass is 35.5. The molecule has 29 heavy (non-hydrogen) atoms. The quantitative estimate of drug-likeness (QED) is 0.562. The van der Waals surface area contributed by atoms with Gasteiger partial charge in [0.05, 0.1) is 22.7 Å². The second kappa shape index (κ2) is 8.20. The molecule has 1 fully saturated rings. The van der Waals surface area contributed by atoms with Crippen LogP contribution in [-0.4, -0.2) is 33.1 Å². The average Bonchev–Trinajstić information content (AvgIpc) is 2.74. The number of rotatable bonds is 5. The molecule has 0 bridgehead atoms. The van der Waals surface area contributed by atoms with Gasteiger partial charge in [0.25, 0.3) is 0 Å². The van der Waals surface area contributed by atoms with Crippen LogP contribution in [0.2, 0.25) is 5.02 Å². The molecule has 3 aromatic rings. The van der Waals surface area contributed by atoms with Gasteiger partial charge in [0, 0.05) is 29.7 Å². The SMILES string of the molecule is CCOc1ccc2ncc(S(=O)(=O)c3ccc(Cl)cc3)c(N3CCCCC3)c2c1.